The van der Waals surface area contributed by atoms with Crippen molar-refractivity contribution in [3.63, 3.8) is 0 Å². The third-order valence-electron chi connectivity index (χ3n) is 1.91. The Morgan fingerprint density at radius 2 is 2.29 bits per heavy atom. The Hall–Kier alpha value is -0.550. The molecule has 0 unspecified atom stereocenters. The van der Waals surface area contributed by atoms with Crippen LogP contribution in [0.15, 0.2) is 36.7 Å². The highest BCUT2D eigenvalue weighted by atomic mass is 127. The van der Waals surface area contributed by atoms with E-state index in [1.807, 2.05) is 24.4 Å². The summed E-state index contributed by atoms with van der Waals surface area (Å²) in [6.45, 7) is 0.818. The van der Waals surface area contributed by atoms with E-state index in [4.69, 9.17) is 11.6 Å². The maximum absolute atomic E-state index is 5.90. The van der Waals surface area contributed by atoms with E-state index >= 15 is 0 Å². The molecule has 1 aromatic carbocycles. The third kappa shape index (κ3) is 2.27. The summed E-state index contributed by atoms with van der Waals surface area (Å²) in [6.07, 6.45) is 3.76. The van der Waals surface area contributed by atoms with Crippen LogP contribution in [-0.2, 0) is 6.54 Å². The Morgan fingerprint density at radius 3 is 2.93 bits per heavy atom. The number of halogens is 2. The van der Waals surface area contributed by atoms with Gasteiger partial charge in [0.1, 0.15) is 0 Å². The van der Waals surface area contributed by atoms with Crippen LogP contribution >= 0.6 is 34.2 Å². The summed E-state index contributed by atoms with van der Waals surface area (Å²) in [4.78, 5) is 4.15. The molecule has 0 atom stereocenters. The molecule has 0 spiro atoms. The lowest BCUT2D eigenvalue weighted by Gasteiger charge is -2.04. The fraction of sp³-hybridized carbons (Fsp3) is 0.100. The zero-order valence-electron chi connectivity index (χ0n) is 7.32. The van der Waals surface area contributed by atoms with Crippen LogP contribution in [0.5, 0.6) is 0 Å². The summed E-state index contributed by atoms with van der Waals surface area (Å²) in [5.41, 5.74) is 1.19. The molecular formula is C10H8ClIN2. The first-order valence-electron chi connectivity index (χ1n) is 4.17. The molecule has 14 heavy (non-hydrogen) atoms. The van der Waals surface area contributed by atoms with Crippen molar-refractivity contribution < 1.29 is 0 Å². The van der Waals surface area contributed by atoms with Crippen molar-refractivity contribution in [1.29, 1.82) is 0 Å². The molecule has 0 aliphatic rings. The van der Waals surface area contributed by atoms with Crippen molar-refractivity contribution in [2.24, 2.45) is 0 Å². The molecular weight excluding hydrogens is 310 g/mol. The normalized spacial score (nSPS) is 10.4. The van der Waals surface area contributed by atoms with Gasteiger partial charge in [0, 0.05) is 24.0 Å². The van der Waals surface area contributed by atoms with Crippen LogP contribution in [0.1, 0.15) is 5.56 Å². The highest BCUT2D eigenvalue weighted by Crippen LogP contribution is 2.13. The van der Waals surface area contributed by atoms with Crippen molar-refractivity contribution >= 4 is 34.2 Å². The number of nitrogens with zero attached hydrogens (tertiary/aromatic N) is 2. The summed E-state index contributed by atoms with van der Waals surface area (Å²) in [5, 5.41) is 0.776. The number of hydrogen-bond acceptors (Lipinski definition) is 1. The fourth-order valence-corrected chi connectivity index (χ4v) is 1.97. The van der Waals surface area contributed by atoms with Crippen LogP contribution in [0.3, 0.4) is 0 Å². The van der Waals surface area contributed by atoms with Crippen LogP contribution in [0.25, 0.3) is 0 Å². The lowest BCUT2D eigenvalue weighted by molar-refractivity contribution is 0.772. The van der Waals surface area contributed by atoms with Gasteiger partial charge in [0.25, 0.3) is 0 Å². The molecule has 72 valence electrons. The number of rotatable bonds is 2. The predicted octanol–water partition coefficient (Wildman–Crippen LogP) is 3.19. The second-order valence-electron chi connectivity index (χ2n) is 2.95. The zero-order chi connectivity index (χ0) is 9.97. The second-order valence-corrected chi connectivity index (χ2v) is 4.36. The highest BCUT2D eigenvalue weighted by Gasteiger charge is 1.99. The molecule has 0 N–H and O–H groups in total. The van der Waals surface area contributed by atoms with Gasteiger partial charge in [0.2, 0.25) is 0 Å². The van der Waals surface area contributed by atoms with Gasteiger partial charge >= 0.3 is 0 Å². The highest BCUT2D eigenvalue weighted by molar-refractivity contribution is 14.1. The van der Waals surface area contributed by atoms with Gasteiger partial charge in [-0.3, -0.25) is 0 Å². The summed E-state index contributed by atoms with van der Waals surface area (Å²) < 4.78 is 3.06. The SMILES string of the molecule is Clc1cccc(Cn2ccnc2I)c1. The number of aromatic nitrogens is 2. The Balaban J connectivity index is 2.23. The molecule has 0 saturated heterocycles. The monoisotopic (exact) mass is 318 g/mol. The van der Waals surface area contributed by atoms with Gasteiger partial charge in [-0.05, 0) is 40.3 Å². The van der Waals surface area contributed by atoms with Crippen molar-refractivity contribution in [1.82, 2.24) is 9.55 Å². The first-order chi connectivity index (χ1) is 6.75. The summed E-state index contributed by atoms with van der Waals surface area (Å²) >= 11 is 8.11. The minimum Gasteiger partial charge on any atom is -0.322 e. The smallest absolute Gasteiger partial charge is 0.171 e. The average Bonchev–Trinajstić information content (AvgIpc) is 2.52. The van der Waals surface area contributed by atoms with E-state index in [2.05, 4.69) is 38.2 Å². The standard InChI is InChI=1S/C10H8ClIN2/c11-9-3-1-2-8(6-9)7-14-5-4-13-10(14)12/h1-6H,7H2. The van der Waals surface area contributed by atoms with Crippen LogP contribution in [0, 0.1) is 3.83 Å². The Bertz CT molecular complexity index is 439. The van der Waals surface area contributed by atoms with Gasteiger partial charge in [-0.2, -0.15) is 0 Å². The number of imidazole rings is 1. The van der Waals surface area contributed by atoms with Gasteiger partial charge in [0.05, 0.1) is 0 Å². The minimum atomic E-state index is 0.776. The molecule has 1 aromatic heterocycles. The molecule has 0 saturated carbocycles. The van der Waals surface area contributed by atoms with Crippen LogP contribution in [-0.4, -0.2) is 9.55 Å². The van der Waals surface area contributed by atoms with E-state index in [1.54, 1.807) is 6.20 Å². The third-order valence-corrected chi connectivity index (χ3v) is 3.04. The van der Waals surface area contributed by atoms with Crippen molar-refractivity contribution in [2.45, 2.75) is 6.54 Å². The van der Waals surface area contributed by atoms with E-state index in [9.17, 15) is 0 Å². The van der Waals surface area contributed by atoms with Gasteiger partial charge in [0.15, 0.2) is 3.83 Å². The van der Waals surface area contributed by atoms with Gasteiger partial charge in [-0.1, -0.05) is 23.7 Å². The molecule has 4 heteroatoms. The van der Waals surface area contributed by atoms with Crippen LogP contribution in [0.2, 0.25) is 5.02 Å². The molecule has 0 radical (unpaired) electrons. The van der Waals surface area contributed by atoms with E-state index in [-0.39, 0.29) is 0 Å². The molecule has 2 aromatic rings. The average molecular weight is 319 g/mol. The summed E-state index contributed by atoms with van der Waals surface area (Å²) in [6, 6.07) is 7.87. The van der Waals surface area contributed by atoms with Crippen molar-refractivity contribution in [3.8, 4) is 0 Å². The maximum Gasteiger partial charge on any atom is 0.171 e. The maximum atomic E-state index is 5.90. The largest absolute Gasteiger partial charge is 0.322 e. The number of hydrogen-bond donors (Lipinski definition) is 0. The molecule has 1 heterocycles. The molecule has 2 rings (SSSR count). The predicted molar refractivity (Wildman–Crippen MR) is 65.5 cm³/mol. The van der Waals surface area contributed by atoms with Crippen LogP contribution in [0.4, 0.5) is 0 Å². The lowest BCUT2D eigenvalue weighted by atomic mass is 10.2. The quantitative estimate of drug-likeness (QED) is 0.778. The van der Waals surface area contributed by atoms with E-state index in [0.29, 0.717) is 0 Å². The molecule has 0 aliphatic heterocycles. The number of benzene rings is 1. The van der Waals surface area contributed by atoms with E-state index < -0.39 is 0 Å². The molecule has 0 bridgehead atoms. The van der Waals surface area contributed by atoms with Crippen LogP contribution < -0.4 is 0 Å². The minimum absolute atomic E-state index is 0.776. The summed E-state index contributed by atoms with van der Waals surface area (Å²) in [7, 11) is 0. The van der Waals surface area contributed by atoms with Crippen molar-refractivity contribution in [2.75, 3.05) is 0 Å². The second kappa shape index (κ2) is 4.31. The zero-order valence-corrected chi connectivity index (χ0v) is 10.2. The molecule has 0 aliphatic carbocycles. The Morgan fingerprint density at radius 1 is 1.43 bits per heavy atom. The van der Waals surface area contributed by atoms with Gasteiger partial charge < -0.3 is 4.57 Å². The lowest BCUT2D eigenvalue weighted by Crippen LogP contribution is -2.00. The Kier molecular flexibility index (Phi) is 3.08. The first-order valence-corrected chi connectivity index (χ1v) is 5.62. The first kappa shape index (κ1) is 9.98. The Labute approximate surface area is 101 Å². The molecule has 2 nitrogen and oxygen atoms in total. The van der Waals surface area contributed by atoms with Gasteiger partial charge in [-0.25, -0.2) is 4.98 Å². The summed E-state index contributed by atoms with van der Waals surface area (Å²) in [5.74, 6) is 0. The fourth-order valence-electron chi connectivity index (χ4n) is 1.26. The van der Waals surface area contributed by atoms with E-state index in [1.165, 1.54) is 5.56 Å². The topological polar surface area (TPSA) is 17.8 Å². The van der Waals surface area contributed by atoms with E-state index in [0.717, 1.165) is 15.4 Å². The van der Waals surface area contributed by atoms with Crippen molar-refractivity contribution in [3.05, 3.63) is 51.1 Å². The molecule has 0 fully saturated rings. The van der Waals surface area contributed by atoms with Gasteiger partial charge in [-0.15, -0.1) is 0 Å². The molecule has 0 amide bonds.